The molecule has 0 radical (unpaired) electrons. The lowest BCUT2D eigenvalue weighted by molar-refractivity contribution is -0.126. The van der Waals surface area contributed by atoms with Crippen LogP contribution in [0.1, 0.15) is 27.7 Å². The lowest BCUT2D eigenvalue weighted by Crippen LogP contribution is -2.70. The van der Waals surface area contributed by atoms with E-state index in [1.807, 2.05) is 43.0 Å². The Kier molecular flexibility index (Phi) is 3.31. The van der Waals surface area contributed by atoms with Crippen LogP contribution < -0.4 is 15.0 Å². The van der Waals surface area contributed by atoms with Crippen molar-refractivity contribution >= 4 is 11.6 Å². The van der Waals surface area contributed by atoms with Crippen LogP contribution >= 0.6 is 0 Å². The number of anilines is 1. The molecular formula is C15H22N2O2. The number of nitrogens with zero attached hydrogens (tertiary/aromatic N) is 1. The summed E-state index contributed by atoms with van der Waals surface area (Å²) < 4.78 is 5.15. The average molecular weight is 262 g/mol. The summed E-state index contributed by atoms with van der Waals surface area (Å²) in [6.07, 6.45) is 0. The highest BCUT2D eigenvalue weighted by Gasteiger charge is 2.43. The van der Waals surface area contributed by atoms with Crippen LogP contribution in [0.4, 0.5) is 5.69 Å². The van der Waals surface area contributed by atoms with Gasteiger partial charge in [0, 0.05) is 17.8 Å². The molecule has 1 aromatic rings. The van der Waals surface area contributed by atoms with Crippen LogP contribution in [0.15, 0.2) is 24.3 Å². The van der Waals surface area contributed by atoms with Crippen LogP contribution in [0.25, 0.3) is 0 Å². The predicted molar refractivity (Wildman–Crippen MR) is 76.6 cm³/mol. The van der Waals surface area contributed by atoms with E-state index in [9.17, 15) is 4.79 Å². The Balaban J connectivity index is 2.33. The molecule has 0 aromatic heterocycles. The van der Waals surface area contributed by atoms with E-state index in [0.29, 0.717) is 6.54 Å². The molecule has 1 aliphatic rings. The van der Waals surface area contributed by atoms with Crippen molar-refractivity contribution in [3.8, 4) is 5.75 Å². The van der Waals surface area contributed by atoms with Gasteiger partial charge in [-0.15, -0.1) is 0 Å². The highest BCUT2D eigenvalue weighted by atomic mass is 16.5. The third-order valence-corrected chi connectivity index (χ3v) is 3.37. The second-order valence-electron chi connectivity index (χ2n) is 6.22. The minimum Gasteiger partial charge on any atom is -0.497 e. The second kappa shape index (κ2) is 4.53. The van der Waals surface area contributed by atoms with Gasteiger partial charge in [0.15, 0.2) is 0 Å². The molecule has 4 heteroatoms. The Morgan fingerprint density at radius 2 is 1.74 bits per heavy atom. The topological polar surface area (TPSA) is 41.6 Å². The number of carbonyl (C=O) groups excluding carboxylic acids is 1. The van der Waals surface area contributed by atoms with Crippen molar-refractivity contribution in [2.45, 2.75) is 38.8 Å². The normalized spacial score (nSPS) is 21.3. The fourth-order valence-corrected chi connectivity index (χ4v) is 2.71. The number of piperazine rings is 1. The minimum absolute atomic E-state index is 0.0944. The van der Waals surface area contributed by atoms with E-state index < -0.39 is 5.54 Å². The van der Waals surface area contributed by atoms with Crippen LogP contribution in [-0.4, -0.2) is 30.6 Å². The summed E-state index contributed by atoms with van der Waals surface area (Å²) in [5.74, 6) is 0.891. The van der Waals surface area contributed by atoms with Crippen molar-refractivity contribution < 1.29 is 9.53 Å². The van der Waals surface area contributed by atoms with Crippen LogP contribution in [0.3, 0.4) is 0 Å². The van der Waals surface area contributed by atoms with E-state index >= 15 is 0 Å². The Morgan fingerprint density at radius 3 is 2.26 bits per heavy atom. The number of benzene rings is 1. The molecule has 19 heavy (non-hydrogen) atoms. The zero-order chi connectivity index (χ0) is 14.3. The van der Waals surface area contributed by atoms with Gasteiger partial charge in [-0.3, -0.25) is 10.1 Å². The maximum atomic E-state index is 12.5. The first kappa shape index (κ1) is 13.9. The number of carbonyl (C=O) groups is 1. The zero-order valence-corrected chi connectivity index (χ0v) is 12.3. The van der Waals surface area contributed by atoms with Crippen LogP contribution in [0, 0.1) is 0 Å². The fourth-order valence-electron chi connectivity index (χ4n) is 2.71. The van der Waals surface area contributed by atoms with E-state index in [4.69, 9.17) is 4.74 Å². The first-order valence-electron chi connectivity index (χ1n) is 6.50. The van der Waals surface area contributed by atoms with Gasteiger partial charge in [0.25, 0.3) is 0 Å². The quantitative estimate of drug-likeness (QED) is 0.888. The van der Waals surface area contributed by atoms with Gasteiger partial charge in [-0.05, 0) is 52.0 Å². The van der Waals surface area contributed by atoms with E-state index in [2.05, 4.69) is 19.2 Å². The highest BCUT2D eigenvalue weighted by Crippen LogP contribution is 2.28. The van der Waals surface area contributed by atoms with Gasteiger partial charge in [-0.1, -0.05) is 0 Å². The van der Waals surface area contributed by atoms with Crippen LogP contribution in [-0.2, 0) is 4.79 Å². The number of hydrogen-bond donors (Lipinski definition) is 1. The van der Waals surface area contributed by atoms with Crippen molar-refractivity contribution in [2.75, 3.05) is 18.6 Å². The summed E-state index contributed by atoms with van der Waals surface area (Å²) in [4.78, 5) is 14.4. The average Bonchev–Trinajstić information content (AvgIpc) is 2.33. The van der Waals surface area contributed by atoms with Crippen molar-refractivity contribution in [2.24, 2.45) is 0 Å². The third kappa shape index (κ3) is 2.73. The summed E-state index contributed by atoms with van der Waals surface area (Å²) in [5.41, 5.74) is 0.243. The fraction of sp³-hybridized carbons (Fsp3) is 0.533. The second-order valence-corrected chi connectivity index (χ2v) is 6.22. The smallest absolute Gasteiger partial charge is 0.246 e. The molecule has 0 atom stereocenters. The Hall–Kier alpha value is -1.55. The summed E-state index contributed by atoms with van der Waals surface area (Å²) in [6.45, 7) is 8.72. The number of rotatable bonds is 2. The maximum absolute atomic E-state index is 12.5. The largest absolute Gasteiger partial charge is 0.497 e. The van der Waals surface area contributed by atoms with Gasteiger partial charge < -0.3 is 9.64 Å². The van der Waals surface area contributed by atoms with Gasteiger partial charge in [0.2, 0.25) is 5.91 Å². The molecule has 1 aliphatic heterocycles. The first-order chi connectivity index (χ1) is 8.75. The molecule has 1 saturated heterocycles. The third-order valence-electron chi connectivity index (χ3n) is 3.37. The molecule has 0 bridgehead atoms. The molecule has 1 aromatic carbocycles. The first-order valence-corrected chi connectivity index (χ1v) is 6.50. The van der Waals surface area contributed by atoms with E-state index in [1.165, 1.54) is 0 Å². The predicted octanol–water partition coefficient (Wildman–Crippen LogP) is 2.19. The summed E-state index contributed by atoms with van der Waals surface area (Å²) in [5, 5.41) is 3.39. The SMILES string of the molecule is COc1ccc(N2CC(C)(C)NC(C)(C)C2=O)cc1. The van der Waals surface area contributed by atoms with Crippen molar-refractivity contribution in [1.82, 2.24) is 5.32 Å². The molecule has 1 heterocycles. The van der Waals surface area contributed by atoms with Gasteiger partial charge in [-0.2, -0.15) is 0 Å². The monoisotopic (exact) mass is 262 g/mol. The summed E-state index contributed by atoms with van der Waals surface area (Å²) in [6, 6.07) is 7.61. The molecule has 0 saturated carbocycles. The Labute approximate surface area is 114 Å². The zero-order valence-electron chi connectivity index (χ0n) is 12.3. The van der Waals surface area contributed by atoms with Gasteiger partial charge in [0.1, 0.15) is 5.75 Å². The van der Waals surface area contributed by atoms with Crippen molar-refractivity contribution in [3.63, 3.8) is 0 Å². The van der Waals surface area contributed by atoms with Crippen LogP contribution in [0.5, 0.6) is 5.75 Å². The molecule has 4 nitrogen and oxygen atoms in total. The van der Waals surface area contributed by atoms with Gasteiger partial charge in [-0.25, -0.2) is 0 Å². The molecule has 0 aliphatic carbocycles. The standard InChI is InChI=1S/C15H22N2O2/c1-14(2)10-17(13(18)15(3,4)16-14)11-6-8-12(19-5)9-7-11/h6-9,16H,10H2,1-5H3. The minimum atomic E-state index is -0.554. The maximum Gasteiger partial charge on any atom is 0.246 e. The lowest BCUT2D eigenvalue weighted by Gasteiger charge is -2.47. The van der Waals surface area contributed by atoms with Crippen molar-refractivity contribution in [3.05, 3.63) is 24.3 Å². The molecule has 1 amide bonds. The number of hydrogen-bond acceptors (Lipinski definition) is 3. The number of nitrogens with one attached hydrogen (secondary N) is 1. The molecule has 0 spiro atoms. The number of ether oxygens (including phenoxy) is 1. The Bertz CT molecular complexity index is 477. The summed E-state index contributed by atoms with van der Waals surface area (Å²) >= 11 is 0. The van der Waals surface area contributed by atoms with Crippen molar-refractivity contribution in [1.29, 1.82) is 0 Å². The molecule has 2 rings (SSSR count). The lowest BCUT2D eigenvalue weighted by atomic mass is 9.90. The molecule has 1 fully saturated rings. The Morgan fingerprint density at radius 1 is 1.16 bits per heavy atom. The molecular weight excluding hydrogens is 240 g/mol. The van der Waals surface area contributed by atoms with Crippen LogP contribution in [0.2, 0.25) is 0 Å². The van der Waals surface area contributed by atoms with Gasteiger partial charge >= 0.3 is 0 Å². The molecule has 1 N–H and O–H groups in total. The highest BCUT2D eigenvalue weighted by molar-refractivity contribution is 6.00. The summed E-state index contributed by atoms with van der Waals surface area (Å²) in [7, 11) is 1.64. The van der Waals surface area contributed by atoms with E-state index in [-0.39, 0.29) is 11.4 Å². The molecule has 104 valence electrons. The number of methoxy groups -OCH3 is 1. The van der Waals surface area contributed by atoms with E-state index in [0.717, 1.165) is 11.4 Å². The van der Waals surface area contributed by atoms with Gasteiger partial charge in [0.05, 0.1) is 12.6 Å². The van der Waals surface area contributed by atoms with E-state index in [1.54, 1.807) is 7.11 Å². The number of amides is 1. The molecule has 0 unspecified atom stereocenters.